The van der Waals surface area contributed by atoms with Crippen molar-refractivity contribution in [2.24, 2.45) is 0 Å². The lowest BCUT2D eigenvalue weighted by atomic mass is 10.4. The zero-order valence-corrected chi connectivity index (χ0v) is 9.19. The summed E-state index contributed by atoms with van der Waals surface area (Å²) in [4.78, 5) is 28.9. The van der Waals surface area contributed by atoms with E-state index in [0.717, 1.165) is 4.73 Å². The summed E-state index contributed by atoms with van der Waals surface area (Å²) in [7, 11) is 0. The van der Waals surface area contributed by atoms with Crippen LogP contribution in [0, 0.1) is 12.7 Å². The van der Waals surface area contributed by atoms with Crippen molar-refractivity contribution in [3.63, 3.8) is 0 Å². The van der Waals surface area contributed by atoms with E-state index >= 15 is 0 Å². The minimum absolute atomic E-state index is 0.121. The van der Waals surface area contributed by atoms with Crippen LogP contribution in [0.25, 0.3) is 0 Å². The summed E-state index contributed by atoms with van der Waals surface area (Å²) in [5.41, 5.74) is -1.91. The Bertz CT molecular complexity index is 454. The van der Waals surface area contributed by atoms with Gasteiger partial charge in [-0.3, -0.25) is 9.78 Å². The largest absolute Gasteiger partial charge is 0.408 e. The molecule has 84 valence electrons. The van der Waals surface area contributed by atoms with Crippen LogP contribution in [0.2, 0.25) is 0 Å². The first-order valence-electron chi connectivity index (χ1n) is 4.21. The second kappa shape index (κ2) is 5.01. The molecule has 0 saturated heterocycles. The molecule has 0 radical (unpaired) electrons. The summed E-state index contributed by atoms with van der Waals surface area (Å²) < 4.78 is 13.8. The second-order valence-corrected chi connectivity index (χ2v) is 3.76. The summed E-state index contributed by atoms with van der Waals surface area (Å²) >= 11 is 1.53. The maximum atomic E-state index is 13.1. The second-order valence-electron chi connectivity index (χ2n) is 2.78. The number of hydrogen-bond acceptors (Lipinski definition) is 4. The third kappa shape index (κ3) is 2.62. The first-order chi connectivity index (χ1) is 7.07. The smallest absolute Gasteiger partial charge is 0.361 e. The first-order valence-corrected chi connectivity index (χ1v) is 5.61. The predicted molar refractivity (Wildman–Crippen MR) is 55.8 cm³/mol. The molecule has 1 aromatic rings. The van der Waals surface area contributed by atoms with Crippen molar-refractivity contribution >= 4 is 11.8 Å². The van der Waals surface area contributed by atoms with Crippen LogP contribution in [0.4, 0.5) is 4.39 Å². The minimum Gasteiger partial charge on any atom is -0.408 e. The normalized spacial score (nSPS) is 10.3. The number of halogens is 1. The molecule has 1 N–H and O–H groups in total. The molecule has 0 bridgehead atoms. The molecule has 0 amide bonds. The lowest BCUT2D eigenvalue weighted by Gasteiger charge is -2.09. The quantitative estimate of drug-likeness (QED) is 0.731. The molecule has 0 saturated carbocycles. The molecule has 0 aromatic carbocycles. The molecular weight excluding hydrogens is 223 g/mol. The van der Waals surface area contributed by atoms with E-state index in [1.165, 1.54) is 18.7 Å². The molecule has 0 fully saturated rings. The lowest BCUT2D eigenvalue weighted by Crippen LogP contribution is -2.38. The number of aromatic amines is 1. The fourth-order valence-corrected chi connectivity index (χ4v) is 1.22. The molecule has 0 aliphatic carbocycles. The molecule has 0 spiro atoms. The summed E-state index contributed by atoms with van der Waals surface area (Å²) in [5.74, 6) is -0.328. The van der Waals surface area contributed by atoms with Crippen LogP contribution >= 0.6 is 11.8 Å². The molecule has 1 rings (SSSR count). The molecule has 7 heteroatoms. The fraction of sp³-hybridized carbons (Fsp3) is 0.500. The molecule has 0 aliphatic heterocycles. The van der Waals surface area contributed by atoms with Gasteiger partial charge in [0.15, 0.2) is 0 Å². The number of nitrogens with zero attached hydrogens (tertiary/aromatic N) is 1. The summed E-state index contributed by atoms with van der Waals surface area (Å²) in [6.07, 6.45) is 1.88. The maximum Gasteiger partial charge on any atom is 0.361 e. The number of H-pyrrole nitrogens is 1. The lowest BCUT2D eigenvalue weighted by molar-refractivity contribution is 0.103. The van der Waals surface area contributed by atoms with E-state index in [4.69, 9.17) is 4.84 Å². The van der Waals surface area contributed by atoms with Crippen LogP contribution in [-0.4, -0.2) is 28.3 Å². The van der Waals surface area contributed by atoms with Gasteiger partial charge in [-0.15, -0.1) is 4.73 Å². The van der Waals surface area contributed by atoms with Crippen LogP contribution in [0.5, 0.6) is 0 Å². The summed E-state index contributed by atoms with van der Waals surface area (Å²) in [6.45, 7) is 1.58. The molecule has 5 nitrogen and oxygen atoms in total. The van der Waals surface area contributed by atoms with E-state index in [1.54, 1.807) is 0 Å². The van der Waals surface area contributed by atoms with Gasteiger partial charge in [0.05, 0.1) is 0 Å². The van der Waals surface area contributed by atoms with E-state index in [2.05, 4.69) is 0 Å². The monoisotopic (exact) mass is 234 g/mol. The van der Waals surface area contributed by atoms with E-state index in [0.29, 0.717) is 5.75 Å². The minimum atomic E-state index is -1.03. The Morgan fingerprint density at radius 2 is 2.20 bits per heavy atom. The van der Waals surface area contributed by atoms with E-state index in [1.807, 2.05) is 11.2 Å². The molecule has 0 aliphatic rings. The molecule has 1 heterocycles. The number of hydrogen-bond donors (Lipinski definition) is 1. The van der Waals surface area contributed by atoms with Gasteiger partial charge in [-0.1, -0.05) is 0 Å². The van der Waals surface area contributed by atoms with Crippen molar-refractivity contribution in [3.8, 4) is 0 Å². The van der Waals surface area contributed by atoms with Crippen molar-refractivity contribution in [2.45, 2.75) is 6.92 Å². The van der Waals surface area contributed by atoms with Crippen molar-refractivity contribution < 1.29 is 9.23 Å². The average molecular weight is 234 g/mol. The predicted octanol–water partition coefficient (Wildman–Crippen LogP) is -0.224. The molecular formula is C8H11FN2O3S. The standard InChI is InChI=1S/C8H11FN2O3S/c1-5-6(9)7(12)10-8(13)11(5)14-3-4-15-2/h3-4H2,1-2H3,(H,10,12,13). The maximum absolute atomic E-state index is 13.1. The van der Waals surface area contributed by atoms with Gasteiger partial charge in [-0.05, 0) is 13.2 Å². The van der Waals surface area contributed by atoms with E-state index in [-0.39, 0.29) is 12.3 Å². The Labute approximate surface area is 89.2 Å². The number of aromatic nitrogens is 2. The third-order valence-corrected chi connectivity index (χ3v) is 2.31. The number of nitrogens with one attached hydrogen (secondary N) is 1. The van der Waals surface area contributed by atoms with Crippen LogP contribution < -0.4 is 16.1 Å². The van der Waals surface area contributed by atoms with Gasteiger partial charge in [0.2, 0.25) is 5.82 Å². The molecule has 0 unspecified atom stereocenters. The molecule has 15 heavy (non-hydrogen) atoms. The van der Waals surface area contributed by atoms with Crippen molar-refractivity contribution in [3.05, 3.63) is 32.3 Å². The van der Waals surface area contributed by atoms with Crippen LogP contribution in [0.15, 0.2) is 9.59 Å². The van der Waals surface area contributed by atoms with Gasteiger partial charge in [0.25, 0.3) is 5.56 Å². The van der Waals surface area contributed by atoms with Gasteiger partial charge in [0.1, 0.15) is 12.3 Å². The highest BCUT2D eigenvalue weighted by Gasteiger charge is 2.10. The van der Waals surface area contributed by atoms with Crippen LogP contribution in [0.3, 0.4) is 0 Å². The van der Waals surface area contributed by atoms with Crippen molar-refractivity contribution in [1.82, 2.24) is 9.71 Å². The highest BCUT2D eigenvalue weighted by Crippen LogP contribution is 1.95. The van der Waals surface area contributed by atoms with Crippen LogP contribution in [-0.2, 0) is 0 Å². The van der Waals surface area contributed by atoms with Crippen molar-refractivity contribution in [2.75, 3.05) is 18.6 Å². The number of rotatable bonds is 4. The van der Waals surface area contributed by atoms with Gasteiger partial charge in [-0.2, -0.15) is 16.2 Å². The Hall–Kier alpha value is -1.24. The SMILES string of the molecule is CSCCOn1c(C)c(F)c(=O)[nH]c1=O. The summed E-state index contributed by atoms with van der Waals surface area (Å²) in [5, 5.41) is 0. The average Bonchev–Trinajstić information content (AvgIpc) is 2.20. The molecule has 1 aromatic heterocycles. The van der Waals surface area contributed by atoms with Crippen LogP contribution in [0.1, 0.15) is 5.69 Å². The topological polar surface area (TPSA) is 64.1 Å². The third-order valence-electron chi connectivity index (χ3n) is 1.73. The van der Waals surface area contributed by atoms with Gasteiger partial charge >= 0.3 is 5.69 Å². The fourth-order valence-electron chi connectivity index (χ4n) is 0.976. The summed E-state index contributed by atoms with van der Waals surface area (Å²) in [6, 6.07) is 0. The Morgan fingerprint density at radius 1 is 1.53 bits per heavy atom. The highest BCUT2D eigenvalue weighted by atomic mass is 32.2. The van der Waals surface area contributed by atoms with E-state index in [9.17, 15) is 14.0 Å². The molecule has 0 atom stereocenters. The number of thioether (sulfide) groups is 1. The van der Waals surface area contributed by atoms with E-state index < -0.39 is 17.1 Å². The van der Waals surface area contributed by atoms with Crippen molar-refractivity contribution in [1.29, 1.82) is 0 Å². The zero-order chi connectivity index (χ0) is 11.4. The van der Waals surface area contributed by atoms with Gasteiger partial charge in [-0.25, -0.2) is 4.79 Å². The Kier molecular flexibility index (Phi) is 3.96. The Balaban J connectivity index is 3.02. The van der Waals surface area contributed by atoms with Gasteiger partial charge < -0.3 is 4.84 Å². The van der Waals surface area contributed by atoms with Gasteiger partial charge in [0, 0.05) is 5.75 Å². The highest BCUT2D eigenvalue weighted by molar-refractivity contribution is 7.98. The Morgan fingerprint density at radius 3 is 2.80 bits per heavy atom. The zero-order valence-electron chi connectivity index (χ0n) is 8.37. The first kappa shape index (κ1) is 11.8.